The first-order valence-corrected chi connectivity index (χ1v) is 8.04. The molecule has 2 aliphatic rings. The Balaban J connectivity index is 1.78. The second-order valence-corrected chi connectivity index (χ2v) is 6.34. The number of halogens is 2. The van der Waals surface area contributed by atoms with E-state index in [0.717, 1.165) is 0 Å². The van der Waals surface area contributed by atoms with Crippen LogP contribution in [0.5, 0.6) is 5.75 Å². The Labute approximate surface area is 142 Å². The molecule has 1 saturated heterocycles. The van der Waals surface area contributed by atoms with Crippen LogP contribution in [-0.4, -0.2) is 40.7 Å². The van der Waals surface area contributed by atoms with Gasteiger partial charge in [-0.1, -0.05) is 0 Å². The molecule has 1 fully saturated rings. The molecule has 0 aliphatic carbocycles. The van der Waals surface area contributed by atoms with E-state index < -0.39 is 23.7 Å². The third-order valence-corrected chi connectivity index (χ3v) is 4.98. The van der Waals surface area contributed by atoms with E-state index in [1.807, 2.05) is 0 Å². The molecule has 130 valence electrons. The summed E-state index contributed by atoms with van der Waals surface area (Å²) in [4.78, 5) is 17.9. The minimum Gasteiger partial charge on any atom is -0.493 e. The molecule has 3 heterocycles. The van der Waals surface area contributed by atoms with Gasteiger partial charge >= 0.3 is 0 Å². The molecule has 0 radical (unpaired) electrons. The van der Waals surface area contributed by atoms with Crippen LogP contribution in [0.2, 0.25) is 0 Å². The van der Waals surface area contributed by atoms with E-state index in [9.17, 15) is 18.7 Å². The van der Waals surface area contributed by atoms with Crippen molar-refractivity contribution in [1.29, 1.82) is 0 Å². The molecular weight excluding hydrogens is 330 g/mol. The summed E-state index contributed by atoms with van der Waals surface area (Å²) in [5, 5.41) is 9.68. The van der Waals surface area contributed by atoms with Crippen molar-refractivity contribution in [3.8, 4) is 5.75 Å². The molecule has 25 heavy (non-hydrogen) atoms. The van der Waals surface area contributed by atoms with Crippen LogP contribution in [0.15, 0.2) is 36.5 Å². The lowest BCUT2D eigenvalue weighted by atomic mass is 9.85. The smallest absolute Gasteiger partial charge is 0.259 e. The highest BCUT2D eigenvalue weighted by atomic mass is 19.1. The summed E-state index contributed by atoms with van der Waals surface area (Å²) < 4.78 is 33.4. The number of aliphatic hydroxyl groups excluding tert-OH is 1. The highest BCUT2D eigenvalue weighted by molar-refractivity contribution is 5.94. The lowest BCUT2D eigenvalue weighted by Crippen LogP contribution is -2.36. The van der Waals surface area contributed by atoms with Crippen molar-refractivity contribution >= 4 is 5.91 Å². The molecule has 4 rings (SSSR count). The Bertz CT molecular complexity index is 830. The number of pyridine rings is 1. The summed E-state index contributed by atoms with van der Waals surface area (Å²) in [6.45, 7) is 0.431. The van der Waals surface area contributed by atoms with Crippen molar-refractivity contribution < 1.29 is 23.4 Å². The predicted molar refractivity (Wildman–Crippen MR) is 83.9 cm³/mol. The standard InChI is InChI=1S/C18H16F2N2O3/c19-11-3-4-15-13(6-11)16-14(9-25-15)10(8-23)7-22(16)18(24)12-2-1-5-21-17(12)20/h1-6,10,14,16,23H,7-9H2/t10-,14-,16-/m0/s1. The summed E-state index contributed by atoms with van der Waals surface area (Å²) in [6, 6.07) is 6.56. The number of carbonyl (C=O) groups is 1. The number of benzene rings is 1. The number of likely N-dealkylation sites (tertiary alicyclic amines) is 1. The molecule has 0 saturated carbocycles. The number of amides is 1. The van der Waals surface area contributed by atoms with Gasteiger partial charge in [0, 0.05) is 36.7 Å². The van der Waals surface area contributed by atoms with E-state index in [1.54, 1.807) is 0 Å². The topological polar surface area (TPSA) is 62.7 Å². The van der Waals surface area contributed by atoms with E-state index in [4.69, 9.17) is 4.74 Å². The number of hydrogen-bond donors (Lipinski definition) is 1. The van der Waals surface area contributed by atoms with Gasteiger partial charge in [-0.3, -0.25) is 4.79 Å². The minimum atomic E-state index is -0.844. The Morgan fingerprint density at radius 1 is 1.36 bits per heavy atom. The van der Waals surface area contributed by atoms with Crippen LogP contribution in [0.3, 0.4) is 0 Å². The van der Waals surface area contributed by atoms with Gasteiger partial charge in [-0.25, -0.2) is 9.37 Å². The number of nitrogens with zero attached hydrogens (tertiary/aromatic N) is 2. The number of aliphatic hydroxyl groups is 1. The largest absolute Gasteiger partial charge is 0.493 e. The lowest BCUT2D eigenvalue weighted by Gasteiger charge is -2.34. The molecule has 0 unspecified atom stereocenters. The zero-order valence-corrected chi connectivity index (χ0v) is 13.2. The van der Waals surface area contributed by atoms with Gasteiger partial charge in [-0.2, -0.15) is 4.39 Å². The fraction of sp³-hybridized carbons (Fsp3) is 0.333. The van der Waals surface area contributed by atoms with Crippen molar-refractivity contribution in [3.63, 3.8) is 0 Å². The van der Waals surface area contributed by atoms with Gasteiger partial charge in [0.2, 0.25) is 5.95 Å². The summed E-state index contributed by atoms with van der Waals surface area (Å²) >= 11 is 0. The first-order valence-electron chi connectivity index (χ1n) is 8.04. The third kappa shape index (κ3) is 2.55. The van der Waals surface area contributed by atoms with Crippen LogP contribution in [-0.2, 0) is 0 Å². The molecule has 0 spiro atoms. The van der Waals surface area contributed by atoms with E-state index in [2.05, 4.69) is 4.98 Å². The molecule has 1 aromatic carbocycles. The van der Waals surface area contributed by atoms with Crippen molar-refractivity contribution in [2.75, 3.05) is 19.8 Å². The van der Waals surface area contributed by atoms with Crippen LogP contribution in [0, 0.1) is 23.6 Å². The Morgan fingerprint density at radius 2 is 2.20 bits per heavy atom. The van der Waals surface area contributed by atoms with Gasteiger partial charge in [-0.15, -0.1) is 0 Å². The Kier molecular flexibility index (Phi) is 3.88. The van der Waals surface area contributed by atoms with Crippen LogP contribution in [0.1, 0.15) is 22.0 Å². The van der Waals surface area contributed by atoms with Crippen molar-refractivity contribution in [2.24, 2.45) is 11.8 Å². The molecule has 0 bridgehead atoms. The summed E-state index contributed by atoms with van der Waals surface area (Å²) in [6.07, 6.45) is 1.27. The summed E-state index contributed by atoms with van der Waals surface area (Å²) in [5.74, 6) is -1.69. The van der Waals surface area contributed by atoms with Gasteiger partial charge in [0.25, 0.3) is 5.91 Å². The van der Waals surface area contributed by atoms with Crippen LogP contribution < -0.4 is 4.74 Å². The molecule has 7 heteroatoms. The zero-order chi connectivity index (χ0) is 17.6. The van der Waals surface area contributed by atoms with Gasteiger partial charge in [0.15, 0.2) is 0 Å². The fourth-order valence-corrected chi connectivity index (χ4v) is 3.79. The van der Waals surface area contributed by atoms with E-state index in [0.29, 0.717) is 17.9 Å². The maximum Gasteiger partial charge on any atom is 0.259 e. The van der Waals surface area contributed by atoms with Gasteiger partial charge < -0.3 is 14.7 Å². The number of fused-ring (bicyclic) bond motifs is 3. The van der Waals surface area contributed by atoms with Crippen LogP contribution >= 0.6 is 0 Å². The zero-order valence-electron chi connectivity index (χ0n) is 13.2. The average Bonchev–Trinajstić information content (AvgIpc) is 3.00. The molecule has 3 atom stereocenters. The molecule has 2 aromatic rings. The molecule has 1 amide bonds. The summed E-state index contributed by atoms with van der Waals surface area (Å²) in [5.41, 5.74) is 0.411. The average molecular weight is 346 g/mol. The first kappa shape index (κ1) is 16.0. The first-order chi connectivity index (χ1) is 12.1. The van der Waals surface area contributed by atoms with Crippen LogP contribution in [0.25, 0.3) is 0 Å². The second kappa shape index (κ2) is 6.07. The lowest BCUT2D eigenvalue weighted by molar-refractivity contribution is 0.0668. The molecule has 1 aromatic heterocycles. The number of ether oxygens (including phenoxy) is 1. The van der Waals surface area contributed by atoms with Crippen molar-refractivity contribution in [2.45, 2.75) is 6.04 Å². The number of hydrogen-bond acceptors (Lipinski definition) is 4. The van der Waals surface area contributed by atoms with E-state index >= 15 is 0 Å². The minimum absolute atomic E-state index is 0.130. The van der Waals surface area contributed by atoms with Crippen molar-refractivity contribution in [1.82, 2.24) is 9.88 Å². The second-order valence-electron chi connectivity index (χ2n) is 6.34. The maximum atomic E-state index is 14.0. The number of carbonyl (C=O) groups excluding carboxylic acids is 1. The summed E-state index contributed by atoms with van der Waals surface area (Å²) in [7, 11) is 0. The monoisotopic (exact) mass is 346 g/mol. The highest BCUT2D eigenvalue weighted by Crippen LogP contribution is 2.47. The molecule has 5 nitrogen and oxygen atoms in total. The number of aromatic nitrogens is 1. The van der Waals surface area contributed by atoms with Crippen molar-refractivity contribution in [3.05, 3.63) is 59.4 Å². The molecule has 1 N–H and O–H groups in total. The predicted octanol–water partition coefficient (Wildman–Crippen LogP) is 2.17. The SMILES string of the molecule is O=C(c1cccnc1F)N1C[C@@H](CO)[C@@H]2COc3ccc(F)cc3[C@@H]21. The highest BCUT2D eigenvalue weighted by Gasteiger charge is 2.48. The van der Waals surface area contributed by atoms with Gasteiger partial charge in [0.1, 0.15) is 11.6 Å². The Hall–Kier alpha value is -2.54. The fourth-order valence-electron chi connectivity index (χ4n) is 3.79. The third-order valence-electron chi connectivity index (χ3n) is 4.98. The molecular formula is C18H16F2N2O3. The molecule has 2 aliphatic heterocycles. The van der Waals surface area contributed by atoms with E-state index in [-0.39, 0.29) is 30.6 Å². The quantitative estimate of drug-likeness (QED) is 0.847. The van der Waals surface area contributed by atoms with E-state index in [1.165, 1.54) is 41.4 Å². The van der Waals surface area contributed by atoms with Gasteiger partial charge in [-0.05, 0) is 30.3 Å². The van der Waals surface area contributed by atoms with Crippen LogP contribution in [0.4, 0.5) is 8.78 Å². The number of rotatable bonds is 2. The normalized spacial score (nSPS) is 24.4. The maximum absolute atomic E-state index is 14.0. The van der Waals surface area contributed by atoms with Gasteiger partial charge in [0.05, 0.1) is 18.2 Å². The Morgan fingerprint density at radius 3 is 2.96 bits per heavy atom.